The highest BCUT2D eigenvalue weighted by Crippen LogP contribution is 2.33. The molecular weight excluding hydrogens is 214 g/mol. The molecule has 1 N–H and O–H groups in total. The largest absolute Gasteiger partial charge is 0.316 e. The van der Waals surface area contributed by atoms with Crippen molar-refractivity contribution in [1.29, 1.82) is 0 Å². The summed E-state index contributed by atoms with van der Waals surface area (Å²) < 4.78 is 1.89. The third kappa shape index (κ3) is 1.61. The predicted octanol–water partition coefficient (Wildman–Crippen LogP) is 1.16. The first kappa shape index (κ1) is 10.7. The van der Waals surface area contributed by atoms with Gasteiger partial charge in [0, 0.05) is 18.2 Å². The van der Waals surface area contributed by atoms with Gasteiger partial charge in [-0.2, -0.15) is 9.61 Å². The molecule has 1 unspecified atom stereocenters. The van der Waals surface area contributed by atoms with Gasteiger partial charge in [-0.25, -0.2) is 0 Å². The molecule has 3 heterocycles. The first-order valence-corrected chi connectivity index (χ1v) is 6.23. The van der Waals surface area contributed by atoms with E-state index in [1.807, 2.05) is 16.6 Å². The van der Waals surface area contributed by atoms with E-state index in [0.29, 0.717) is 0 Å². The number of rotatable bonds is 3. The summed E-state index contributed by atoms with van der Waals surface area (Å²) in [5, 5.41) is 16.4. The van der Waals surface area contributed by atoms with E-state index in [4.69, 9.17) is 0 Å². The van der Waals surface area contributed by atoms with E-state index < -0.39 is 0 Å². The number of fused-ring (bicyclic) bond motifs is 1. The van der Waals surface area contributed by atoms with E-state index in [1.54, 1.807) is 6.20 Å². The molecule has 0 saturated carbocycles. The lowest BCUT2D eigenvalue weighted by molar-refractivity contribution is 0.393. The Bertz CT molecular complexity index is 512. The summed E-state index contributed by atoms with van der Waals surface area (Å²) in [4.78, 5) is 0. The van der Waals surface area contributed by atoms with Crippen LogP contribution >= 0.6 is 0 Å². The highest BCUT2D eigenvalue weighted by molar-refractivity contribution is 5.36. The van der Waals surface area contributed by atoms with E-state index >= 15 is 0 Å². The molecule has 2 aromatic rings. The van der Waals surface area contributed by atoms with Crippen LogP contribution in [0.3, 0.4) is 0 Å². The summed E-state index contributed by atoms with van der Waals surface area (Å²) in [5.41, 5.74) is 0.951. The molecule has 1 aliphatic heterocycles. The summed E-state index contributed by atoms with van der Waals surface area (Å²) in [5.74, 6) is 1.01. The van der Waals surface area contributed by atoms with Crippen molar-refractivity contribution >= 4 is 5.65 Å². The highest BCUT2D eigenvalue weighted by atomic mass is 15.4. The van der Waals surface area contributed by atoms with Crippen LogP contribution in [-0.4, -0.2) is 32.9 Å². The van der Waals surface area contributed by atoms with E-state index in [0.717, 1.165) is 43.8 Å². The Morgan fingerprint density at radius 3 is 3.18 bits per heavy atom. The lowest BCUT2D eigenvalue weighted by Gasteiger charge is -2.25. The summed E-state index contributed by atoms with van der Waals surface area (Å²) in [7, 11) is 0. The number of hydrogen-bond acceptors (Lipinski definition) is 4. The summed E-state index contributed by atoms with van der Waals surface area (Å²) in [6.45, 7) is 4.26. The highest BCUT2D eigenvalue weighted by Gasteiger charge is 2.39. The van der Waals surface area contributed by atoms with Crippen molar-refractivity contribution in [2.75, 3.05) is 13.1 Å². The lowest BCUT2D eigenvalue weighted by atomic mass is 9.82. The van der Waals surface area contributed by atoms with Gasteiger partial charge in [-0.15, -0.1) is 10.2 Å². The topological polar surface area (TPSA) is 55.1 Å². The fourth-order valence-corrected chi connectivity index (χ4v) is 2.81. The maximum Gasteiger partial charge on any atom is 0.177 e. The van der Waals surface area contributed by atoms with E-state index in [2.05, 4.69) is 27.5 Å². The van der Waals surface area contributed by atoms with Gasteiger partial charge in [-0.1, -0.05) is 13.3 Å². The Kier molecular flexibility index (Phi) is 2.55. The van der Waals surface area contributed by atoms with Crippen LogP contribution in [0.2, 0.25) is 0 Å². The number of aromatic nitrogens is 4. The molecule has 3 rings (SSSR count). The Labute approximate surface area is 100 Å². The van der Waals surface area contributed by atoms with Gasteiger partial charge in [-0.3, -0.25) is 0 Å². The van der Waals surface area contributed by atoms with E-state index in [-0.39, 0.29) is 5.41 Å². The predicted molar refractivity (Wildman–Crippen MR) is 64.9 cm³/mol. The fraction of sp³-hybridized carbons (Fsp3) is 0.583. The quantitative estimate of drug-likeness (QED) is 0.861. The third-order valence-electron chi connectivity index (χ3n) is 3.62. The minimum atomic E-state index is 0.114. The number of nitrogens with one attached hydrogen (secondary N) is 1. The Morgan fingerprint density at radius 2 is 2.41 bits per heavy atom. The van der Waals surface area contributed by atoms with Gasteiger partial charge in [0.05, 0.1) is 0 Å². The van der Waals surface area contributed by atoms with Gasteiger partial charge in [0.15, 0.2) is 11.5 Å². The number of nitrogens with zero attached hydrogens (tertiary/aromatic N) is 4. The first-order chi connectivity index (χ1) is 8.36. The maximum atomic E-state index is 4.38. The lowest BCUT2D eigenvalue weighted by Crippen LogP contribution is -2.31. The summed E-state index contributed by atoms with van der Waals surface area (Å²) >= 11 is 0. The molecule has 0 aliphatic carbocycles. The average molecular weight is 231 g/mol. The van der Waals surface area contributed by atoms with Gasteiger partial charge in [0.25, 0.3) is 0 Å². The maximum absolute atomic E-state index is 4.38. The molecule has 5 heteroatoms. The van der Waals surface area contributed by atoms with Gasteiger partial charge in [0.2, 0.25) is 0 Å². The van der Waals surface area contributed by atoms with Crippen molar-refractivity contribution in [2.45, 2.75) is 31.6 Å². The third-order valence-corrected chi connectivity index (χ3v) is 3.62. The van der Waals surface area contributed by atoms with Crippen molar-refractivity contribution in [3.8, 4) is 0 Å². The second kappa shape index (κ2) is 4.07. The average Bonchev–Trinajstić information content (AvgIpc) is 2.96. The molecule has 2 aromatic heterocycles. The zero-order valence-electron chi connectivity index (χ0n) is 10.1. The van der Waals surface area contributed by atoms with E-state index in [9.17, 15) is 0 Å². The van der Waals surface area contributed by atoms with Gasteiger partial charge < -0.3 is 5.32 Å². The molecule has 1 atom stereocenters. The van der Waals surface area contributed by atoms with Gasteiger partial charge in [-0.05, 0) is 31.5 Å². The zero-order valence-corrected chi connectivity index (χ0v) is 10.1. The smallest absolute Gasteiger partial charge is 0.177 e. The van der Waals surface area contributed by atoms with Crippen molar-refractivity contribution in [3.63, 3.8) is 0 Å². The standard InChI is InChI=1S/C12H17N5/c1-2-5-12(6-8-13-9-12)11-16-15-10-4-3-7-14-17(10)11/h3-4,7,13H,2,5-6,8-9H2,1H3. The Hall–Kier alpha value is -1.49. The molecule has 0 radical (unpaired) electrons. The first-order valence-electron chi connectivity index (χ1n) is 6.23. The van der Waals surface area contributed by atoms with Crippen molar-refractivity contribution in [2.24, 2.45) is 0 Å². The summed E-state index contributed by atoms with van der Waals surface area (Å²) in [6, 6.07) is 3.85. The molecule has 1 saturated heterocycles. The second-order valence-electron chi connectivity index (χ2n) is 4.77. The second-order valence-corrected chi connectivity index (χ2v) is 4.77. The normalized spacial score (nSPS) is 24.5. The molecule has 5 nitrogen and oxygen atoms in total. The van der Waals surface area contributed by atoms with Crippen molar-refractivity contribution in [1.82, 2.24) is 25.1 Å². The van der Waals surface area contributed by atoms with Crippen LogP contribution < -0.4 is 5.32 Å². The summed E-state index contributed by atoms with van der Waals surface area (Å²) in [6.07, 6.45) is 5.21. The molecule has 0 bridgehead atoms. The Balaban J connectivity index is 2.12. The van der Waals surface area contributed by atoms with Crippen LogP contribution in [0, 0.1) is 0 Å². The van der Waals surface area contributed by atoms with Crippen LogP contribution in [0.25, 0.3) is 5.65 Å². The molecule has 0 amide bonds. The Morgan fingerprint density at radius 1 is 1.47 bits per heavy atom. The van der Waals surface area contributed by atoms with Gasteiger partial charge >= 0.3 is 0 Å². The minimum Gasteiger partial charge on any atom is -0.316 e. The molecule has 90 valence electrons. The van der Waals surface area contributed by atoms with Crippen LogP contribution in [0.15, 0.2) is 18.3 Å². The van der Waals surface area contributed by atoms with Crippen LogP contribution in [0.4, 0.5) is 0 Å². The van der Waals surface area contributed by atoms with Crippen LogP contribution in [0.1, 0.15) is 32.0 Å². The molecule has 1 aliphatic rings. The molecule has 0 spiro atoms. The van der Waals surface area contributed by atoms with Crippen LogP contribution in [-0.2, 0) is 5.41 Å². The molecule has 0 aromatic carbocycles. The van der Waals surface area contributed by atoms with E-state index in [1.165, 1.54) is 0 Å². The molecular formula is C12H17N5. The van der Waals surface area contributed by atoms with Crippen molar-refractivity contribution in [3.05, 3.63) is 24.2 Å². The monoisotopic (exact) mass is 231 g/mol. The van der Waals surface area contributed by atoms with Gasteiger partial charge in [0.1, 0.15) is 0 Å². The minimum absolute atomic E-state index is 0.114. The number of hydrogen-bond donors (Lipinski definition) is 1. The molecule has 17 heavy (non-hydrogen) atoms. The SMILES string of the molecule is CCCC1(c2nnc3cccnn23)CCNC1. The fourth-order valence-electron chi connectivity index (χ4n) is 2.81. The molecule has 1 fully saturated rings. The van der Waals surface area contributed by atoms with Crippen molar-refractivity contribution < 1.29 is 0 Å². The van der Waals surface area contributed by atoms with Crippen LogP contribution in [0.5, 0.6) is 0 Å². The zero-order chi connectivity index (χ0) is 11.7.